The van der Waals surface area contributed by atoms with Gasteiger partial charge in [-0.15, -0.1) is 5.10 Å². The van der Waals surface area contributed by atoms with E-state index in [2.05, 4.69) is 42.2 Å². The highest BCUT2D eigenvalue weighted by Crippen LogP contribution is 2.34. The van der Waals surface area contributed by atoms with E-state index in [0.29, 0.717) is 47.4 Å². The zero-order valence-corrected chi connectivity index (χ0v) is 61.9. The first-order valence-corrected chi connectivity index (χ1v) is 36.5. The van der Waals surface area contributed by atoms with Crippen molar-refractivity contribution in [3.05, 3.63) is 150 Å². The number of rotatable bonds is 14. The number of allylic oxidation sites excluding steroid dienone is 1. The predicted molar refractivity (Wildman–Crippen MR) is 396 cm³/mol. The van der Waals surface area contributed by atoms with Crippen molar-refractivity contribution in [2.75, 3.05) is 40.4 Å². The lowest BCUT2D eigenvalue weighted by Crippen LogP contribution is -2.60. The number of Topliss-reactive ketones (excluding diaryl/α,β-unsaturated/α-hetero) is 2. The molecule has 6 aromatic rings. The summed E-state index contributed by atoms with van der Waals surface area (Å²) in [7, 11) is 3.25. The standard InChI is InChI=1S/C80H103N11O14/c1-48(81-9)71(94)85-69(79(3,4)5)75(98)89-44-53-19-15-17-33-104-34-18-16-24-58(77(100)101)41-67(92)63(38-51-25-29-54-20-11-13-22-56(54)36-51)84-74(97)66-43-61(46-90(66)76(99)70(80(6,7)8)86-72(95)49(2)82-10)91-45-60(87-88-91)47-105-62-31-27-50(28-32-62)35-59(78(102)103)42-68(93)64(83-73(96)65(89)40-53)39-52-26-30-55-21-12-14-23-57(55)37-52/h11-15,17,20-23,25-32,36-37,45,48-49,53,58-59,61,63-66,69-70,81-82H,16,18-19,24,33-35,38-44,46-47H2,1-10H3,(H,83,96)(H,84,97)(H,85,94)(H,86,95)(H,100,101)(H,102,103)/b17-15+/t48-,49-,53-,58+,59+,61-,63?,64-,65-,66-,69+,70+/m0/s1. The van der Waals surface area contributed by atoms with Crippen molar-refractivity contribution in [3.63, 3.8) is 0 Å². The lowest BCUT2D eigenvalue weighted by Gasteiger charge is -2.36. The number of likely N-dealkylation sites (tertiary alicyclic amines) is 2. The fourth-order valence-electron chi connectivity index (χ4n) is 13.9. The molecule has 25 nitrogen and oxygen atoms in total. The molecule has 8 bridgehead atoms. The lowest BCUT2D eigenvalue weighted by molar-refractivity contribution is -0.145. The number of carbonyl (C=O) groups is 10. The maximum absolute atomic E-state index is 15.2. The monoisotopic (exact) mass is 1440 g/mol. The second-order valence-corrected chi connectivity index (χ2v) is 30.5. The molecule has 5 heterocycles. The summed E-state index contributed by atoms with van der Waals surface area (Å²) in [5.74, 6) is -8.83. The first-order chi connectivity index (χ1) is 50.0. The van der Waals surface area contributed by atoms with Crippen molar-refractivity contribution in [1.82, 2.24) is 56.7 Å². The van der Waals surface area contributed by atoms with Crippen LogP contribution in [0.4, 0.5) is 0 Å². The van der Waals surface area contributed by atoms with Gasteiger partial charge in [0.2, 0.25) is 35.4 Å². The predicted octanol–water partition coefficient (Wildman–Crippen LogP) is 7.26. The third-order valence-electron chi connectivity index (χ3n) is 20.5. The summed E-state index contributed by atoms with van der Waals surface area (Å²) < 4.78 is 13.7. The Kier molecular flexibility index (Phi) is 27.1. The Morgan fingerprint density at radius 2 is 1.11 bits per heavy atom. The van der Waals surface area contributed by atoms with Crippen molar-refractivity contribution >= 4 is 80.5 Å². The van der Waals surface area contributed by atoms with Crippen molar-refractivity contribution in [2.45, 2.75) is 187 Å². The summed E-state index contributed by atoms with van der Waals surface area (Å²) in [6.45, 7) is 14.6. The van der Waals surface area contributed by atoms with Gasteiger partial charge in [-0.3, -0.25) is 47.9 Å². The Balaban J connectivity index is 1.01. The molecule has 6 amide bonds. The van der Waals surface area contributed by atoms with Crippen LogP contribution in [0.15, 0.2) is 128 Å². The van der Waals surface area contributed by atoms with Crippen LogP contribution in [0.3, 0.4) is 0 Å². The number of carboxylic acids is 2. The molecule has 0 aliphatic carbocycles. The van der Waals surface area contributed by atoms with Crippen LogP contribution >= 0.6 is 0 Å². The van der Waals surface area contributed by atoms with E-state index < -0.39 is 149 Å². The molecule has 4 aliphatic rings. The number of carboxylic acid groups (broad SMARTS) is 2. The largest absolute Gasteiger partial charge is 0.487 e. The molecular formula is C80H103N11O14. The number of fused-ring (bicyclic) bond motifs is 24. The van der Waals surface area contributed by atoms with E-state index in [9.17, 15) is 39.0 Å². The van der Waals surface area contributed by atoms with Crippen molar-refractivity contribution in [2.24, 2.45) is 28.6 Å². The molecule has 25 heteroatoms. The highest BCUT2D eigenvalue weighted by molar-refractivity contribution is 5.99. The Labute approximate surface area is 613 Å². The van der Waals surface area contributed by atoms with E-state index in [1.807, 2.05) is 118 Å². The number of hydrogen-bond donors (Lipinski definition) is 8. The molecule has 0 spiro atoms. The molecule has 1 aromatic heterocycles. The molecule has 5 aromatic carbocycles. The van der Waals surface area contributed by atoms with Gasteiger partial charge in [-0.1, -0.05) is 162 Å². The molecule has 0 radical (unpaired) electrons. The third kappa shape index (κ3) is 21.3. The van der Waals surface area contributed by atoms with Crippen LogP contribution in [0.1, 0.15) is 135 Å². The first kappa shape index (κ1) is 79.4. The SMILES string of the molecule is CN[C@@H](C)C(=O)N[C@H](C(=O)N1C[C@@H]2C[C@H]1C(=O)NC(Cc1ccc3ccccc3c1)C(=O)C[C@H](C(=O)O)CCCCOC/C=C/C[C@H]1C[C@@H](C(=O)N[C@@H](Cc3ccc4ccccc4c3)C(=O)C[C@H](C(=O)O)Cc3ccc(cc3)OCc3cn2nn3)N(C(=O)[C@@H](NC(=O)[C@H](C)NC)C(C)(C)C)C1)C(C)(C)C. The van der Waals surface area contributed by atoms with Crippen molar-refractivity contribution in [3.8, 4) is 5.75 Å². The summed E-state index contributed by atoms with van der Waals surface area (Å²) in [5.41, 5.74) is 0.701. The average molecular weight is 1440 g/mol. The number of nitrogens with zero attached hydrogens (tertiary/aromatic N) is 5. The maximum Gasteiger partial charge on any atom is 0.307 e. The number of carbonyl (C=O) groups excluding carboxylic acids is 8. The van der Waals surface area contributed by atoms with Gasteiger partial charge in [0.15, 0.2) is 11.6 Å². The van der Waals surface area contributed by atoms with Gasteiger partial charge in [-0.05, 0) is 140 Å². The molecule has 1 unspecified atom stereocenters. The van der Waals surface area contributed by atoms with Gasteiger partial charge in [0, 0.05) is 39.0 Å². The summed E-state index contributed by atoms with van der Waals surface area (Å²) in [5, 5.41) is 51.6. The van der Waals surface area contributed by atoms with Crippen LogP contribution in [0.2, 0.25) is 0 Å². The highest BCUT2D eigenvalue weighted by Gasteiger charge is 2.48. The van der Waals surface area contributed by atoms with Crippen LogP contribution in [-0.2, 0) is 78.6 Å². The number of aliphatic carboxylic acids is 2. The summed E-state index contributed by atoms with van der Waals surface area (Å²) in [4.78, 5) is 146. The van der Waals surface area contributed by atoms with E-state index >= 15 is 19.2 Å². The van der Waals surface area contributed by atoms with Gasteiger partial charge in [-0.2, -0.15) is 0 Å². The lowest BCUT2D eigenvalue weighted by atomic mass is 9.85. The Hall–Kier alpha value is -9.72. The average Bonchev–Trinajstić information content (AvgIpc) is 1.66. The molecule has 12 atom stereocenters. The van der Waals surface area contributed by atoms with Crippen LogP contribution in [0, 0.1) is 28.6 Å². The molecular weight excluding hydrogens is 1340 g/mol. The van der Waals surface area contributed by atoms with Crippen LogP contribution in [0.25, 0.3) is 21.5 Å². The summed E-state index contributed by atoms with van der Waals surface area (Å²) >= 11 is 0. The van der Waals surface area contributed by atoms with Gasteiger partial charge in [0.1, 0.15) is 42.2 Å². The number of aromatic nitrogens is 3. The molecule has 4 aliphatic heterocycles. The van der Waals surface area contributed by atoms with E-state index in [1.165, 1.54) is 9.80 Å². The minimum Gasteiger partial charge on any atom is -0.487 e. The Bertz CT molecular complexity index is 4120. The highest BCUT2D eigenvalue weighted by atomic mass is 16.5. The zero-order chi connectivity index (χ0) is 75.9. The number of benzene rings is 5. The topological polar surface area (TPSA) is 339 Å². The number of nitrogens with one attached hydrogen (secondary N) is 6. The van der Waals surface area contributed by atoms with Crippen LogP contribution in [-0.4, -0.2) is 183 Å². The Morgan fingerprint density at radius 1 is 0.610 bits per heavy atom. The van der Waals surface area contributed by atoms with Crippen LogP contribution in [0.5, 0.6) is 5.75 Å². The zero-order valence-electron chi connectivity index (χ0n) is 61.9. The number of ether oxygens (including phenoxy) is 2. The second kappa shape index (κ2) is 35.8. The Morgan fingerprint density at radius 3 is 1.63 bits per heavy atom. The number of ketones is 2. The summed E-state index contributed by atoms with van der Waals surface area (Å²) in [6.07, 6.45) is 6.02. The van der Waals surface area contributed by atoms with E-state index in [0.717, 1.165) is 21.5 Å². The van der Waals surface area contributed by atoms with E-state index in [4.69, 9.17) is 9.47 Å². The molecule has 2 saturated heterocycles. The van der Waals surface area contributed by atoms with Gasteiger partial charge < -0.3 is 61.4 Å². The smallest absolute Gasteiger partial charge is 0.307 e. The van der Waals surface area contributed by atoms with E-state index in [-0.39, 0.29) is 77.4 Å². The molecule has 8 N–H and O–H groups in total. The molecule has 2 fully saturated rings. The molecule has 0 saturated carbocycles. The minimum absolute atomic E-state index is 0.00348. The van der Waals surface area contributed by atoms with Gasteiger partial charge in [-0.25, -0.2) is 4.68 Å². The van der Waals surface area contributed by atoms with Gasteiger partial charge in [0.25, 0.3) is 0 Å². The first-order valence-electron chi connectivity index (χ1n) is 36.5. The fraction of sp³-hybridized carbons (Fsp3) is 0.500. The molecule has 562 valence electrons. The van der Waals surface area contributed by atoms with Crippen molar-refractivity contribution in [1.29, 1.82) is 0 Å². The number of likely N-dealkylation sites (N-methyl/N-ethyl adjacent to an activating group) is 2. The van der Waals surface area contributed by atoms with Gasteiger partial charge in [0.05, 0.1) is 54.8 Å². The normalized spacial score (nSPS) is 23.2. The third-order valence-corrected chi connectivity index (χ3v) is 20.5. The fourth-order valence-corrected chi connectivity index (χ4v) is 13.9. The van der Waals surface area contributed by atoms with Gasteiger partial charge >= 0.3 is 11.9 Å². The molecule has 105 heavy (non-hydrogen) atoms. The van der Waals surface area contributed by atoms with Crippen molar-refractivity contribution < 1.29 is 67.6 Å². The quantitative estimate of drug-likeness (QED) is 0.0497. The number of hydrogen-bond acceptors (Lipinski definition) is 16. The maximum atomic E-state index is 15.2. The van der Waals surface area contributed by atoms with E-state index in [1.54, 1.807) is 83.9 Å². The second-order valence-electron chi connectivity index (χ2n) is 30.5. The number of amides is 6. The minimum atomic E-state index is -1.23. The molecule has 10 rings (SSSR count). The summed E-state index contributed by atoms with van der Waals surface area (Å²) in [6, 6.07) is 24.6. The van der Waals surface area contributed by atoms with Crippen LogP contribution < -0.4 is 36.6 Å².